The highest BCUT2D eigenvalue weighted by molar-refractivity contribution is 6.03. The molecule has 2 aliphatic rings. The van der Waals surface area contributed by atoms with Gasteiger partial charge in [-0.2, -0.15) is 4.99 Å². The standard InChI is InChI=1S/C24H29N5O2/c1-15(2)22(30)27-19-6-4-5-18(14-19)26-21-10-9-17(13-20(21)16-7-8-16)23(31)28-24-25-11-12-29(24)3/h4-6,9-10,13-16,26H,7-8,11-12H2,1-3H3,(H,27,30)(H,25,28,31). The molecule has 1 saturated carbocycles. The Kier molecular flexibility index (Phi) is 5.93. The number of guanidine groups is 1. The second-order valence-electron chi connectivity index (χ2n) is 8.51. The molecule has 0 spiro atoms. The molecule has 0 aromatic heterocycles. The van der Waals surface area contributed by atoms with Crippen molar-refractivity contribution in [2.24, 2.45) is 10.9 Å². The van der Waals surface area contributed by atoms with Gasteiger partial charge >= 0.3 is 0 Å². The summed E-state index contributed by atoms with van der Waals surface area (Å²) in [7, 11) is 1.92. The smallest absolute Gasteiger partial charge is 0.280 e. The van der Waals surface area contributed by atoms with Crippen molar-refractivity contribution in [1.29, 1.82) is 0 Å². The highest BCUT2D eigenvalue weighted by Crippen LogP contribution is 2.44. The van der Waals surface area contributed by atoms with E-state index in [4.69, 9.17) is 0 Å². The number of aliphatic imine (C=N–C) groups is 1. The summed E-state index contributed by atoms with van der Waals surface area (Å²) < 4.78 is 0. The van der Waals surface area contributed by atoms with Crippen LogP contribution in [-0.4, -0.2) is 42.8 Å². The number of carbonyl (C=O) groups excluding carboxylic acids is 2. The Labute approximate surface area is 182 Å². The molecule has 31 heavy (non-hydrogen) atoms. The molecule has 0 unspecified atom stereocenters. The third kappa shape index (κ3) is 5.05. The molecule has 2 aromatic carbocycles. The second-order valence-corrected chi connectivity index (χ2v) is 8.51. The Morgan fingerprint density at radius 3 is 2.58 bits per heavy atom. The number of amides is 2. The fourth-order valence-electron chi connectivity index (χ4n) is 3.52. The normalized spacial score (nSPS) is 17.0. The fraction of sp³-hybridized carbons (Fsp3) is 0.375. The van der Waals surface area contributed by atoms with Crippen LogP contribution in [0.4, 0.5) is 17.1 Å². The van der Waals surface area contributed by atoms with Gasteiger partial charge in [-0.3, -0.25) is 9.59 Å². The summed E-state index contributed by atoms with van der Waals surface area (Å²) in [4.78, 5) is 30.9. The van der Waals surface area contributed by atoms with Crippen molar-refractivity contribution < 1.29 is 9.59 Å². The maximum atomic E-state index is 12.7. The molecule has 7 nitrogen and oxygen atoms in total. The van der Waals surface area contributed by atoms with E-state index in [0.717, 1.165) is 48.6 Å². The number of benzene rings is 2. The van der Waals surface area contributed by atoms with Gasteiger partial charge in [-0.15, -0.1) is 0 Å². The number of nitrogens with one attached hydrogen (secondary N) is 3. The van der Waals surface area contributed by atoms with Gasteiger partial charge in [0, 0.05) is 48.7 Å². The van der Waals surface area contributed by atoms with Crippen LogP contribution in [0.3, 0.4) is 0 Å². The van der Waals surface area contributed by atoms with Crippen molar-refractivity contribution in [2.75, 3.05) is 30.8 Å². The average Bonchev–Trinajstić information content (AvgIpc) is 3.51. The number of hydrogen-bond donors (Lipinski definition) is 3. The van der Waals surface area contributed by atoms with Gasteiger partial charge in [0.15, 0.2) is 0 Å². The van der Waals surface area contributed by atoms with Crippen LogP contribution in [0.5, 0.6) is 0 Å². The van der Waals surface area contributed by atoms with Crippen molar-refractivity contribution in [3.63, 3.8) is 0 Å². The topological polar surface area (TPSA) is 85.8 Å². The zero-order chi connectivity index (χ0) is 22.0. The van der Waals surface area contributed by atoms with E-state index in [-0.39, 0.29) is 17.7 Å². The van der Waals surface area contributed by atoms with Crippen LogP contribution in [0.25, 0.3) is 0 Å². The van der Waals surface area contributed by atoms with E-state index in [0.29, 0.717) is 17.4 Å². The lowest BCUT2D eigenvalue weighted by Gasteiger charge is -2.15. The predicted molar refractivity (Wildman–Crippen MR) is 124 cm³/mol. The van der Waals surface area contributed by atoms with Crippen LogP contribution < -0.4 is 16.0 Å². The number of likely N-dealkylation sites (N-methyl/N-ethyl adjacent to an activating group) is 1. The van der Waals surface area contributed by atoms with Gasteiger partial charge < -0.3 is 20.9 Å². The summed E-state index contributed by atoms with van der Waals surface area (Å²) in [5, 5.41) is 9.53. The van der Waals surface area contributed by atoms with Gasteiger partial charge in [0.2, 0.25) is 11.9 Å². The first-order valence-corrected chi connectivity index (χ1v) is 10.8. The Bertz CT molecular complexity index is 1030. The maximum Gasteiger partial charge on any atom is 0.280 e. The molecule has 1 heterocycles. The van der Waals surface area contributed by atoms with E-state index in [1.807, 2.05) is 68.3 Å². The first-order chi connectivity index (χ1) is 14.9. The minimum Gasteiger partial charge on any atom is -0.355 e. The summed E-state index contributed by atoms with van der Waals surface area (Å²) in [6, 6.07) is 13.4. The van der Waals surface area contributed by atoms with Gasteiger partial charge in [0.25, 0.3) is 5.91 Å². The van der Waals surface area contributed by atoms with E-state index in [9.17, 15) is 9.59 Å². The third-order valence-electron chi connectivity index (χ3n) is 5.55. The van der Waals surface area contributed by atoms with Crippen molar-refractivity contribution in [3.05, 3.63) is 53.6 Å². The zero-order valence-corrected chi connectivity index (χ0v) is 18.2. The number of anilines is 3. The summed E-state index contributed by atoms with van der Waals surface area (Å²) in [6.07, 6.45) is 2.24. The Hall–Kier alpha value is -3.35. The van der Waals surface area contributed by atoms with Gasteiger partial charge in [-0.05, 0) is 60.7 Å². The molecular weight excluding hydrogens is 390 g/mol. The van der Waals surface area contributed by atoms with Crippen LogP contribution >= 0.6 is 0 Å². The largest absolute Gasteiger partial charge is 0.355 e. The Morgan fingerprint density at radius 2 is 1.90 bits per heavy atom. The molecule has 1 saturated heterocycles. The highest BCUT2D eigenvalue weighted by atomic mass is 16.2. The zero-order valence-electron chi connectivity index (χ0n) is 18.2. The van der Waals surface area contributed by atoms with Crippen LogP contribution in [0.15, 0.2) is 47.5 Å². The fourth-order valence-corrected chi connectivity index (χ4v) is 3.52. The SMILES string of the molecule is CC(C)C(=O)Nc1cccc(Nc2ccc(C(=O)/N=C3\NCCN3C)cc2C2CC2)c1. The third-order valence-corrected chi connectivity index (χ3v) is 5.55. The van der Waals surface area contributed by atoms with E-state index in [2.05, 4.69) is 20.9 Å². The van der Waals surface area contributed by atoms with Crippen molar-refractivity contribution >= 4 is 34.8 Å². The highest BCUT2D eigenvalue weighted by Gasteiger charge is 2.27. The van der Waals surface area contributed by atoms with Crippen LogP contribution in [0.1, 0.15) is 48.5 Å². The molecule has 0 atom stereocenters. The quantitative estimate of drug-likeness (QED) is 0.660. The monoisotopic (exact) mass is 419 g/mol. The van der Waals surface area contributed by atoms with E-state index in [1.165, 1.54) is 0 Å². The number of nitrogens with zero attached hydrogens (tertiary/aromatic N) is 2. The number of rotatable bonds is 6. The van der Waals surface area contributed by atoms with E-state index in [1.54, 1.807) is 0 Å². The summed E-state index contributed by atoms with van der Waals surface area (Å²) >= 11 is 0. The van der Waals surface area contributed by atoms with Gasteiger partial charge in [-0.25, -0.2) is 0 Å². The minimum absolute atomic E-state index is 0.0114. The number of carbonyl (C=O) groups is 2. The summed E-state index contributed by atoms with van der Waals surface area (Å²) in [6.45, 7) is 5.38. The summed E-state index contributed by atoms with van der Waals surface area (Å²) in [5.41, 5.74) is 4.36. The van der Waals surface area contributed by atoms with Crippen LogP contribution in [-0.2, 0) is 4.79 Å². The average molecular weight is 420 g/mol. The van der Waals surface area contributed by atoms with Gasteiger partial charge in [0.05, 0.1) is 0 Å². The molecular formula is C24H29N5O2. The van der Waals surface area contributed by atoms with Crippen molar-refractivity contribution in [3.8, 4) is 0 Å². The lowest BCUT2D eigenvalue weighted by atomic mass is 10.0. The van der Waals surface area contributed by atoms with E-state index < -0.39 is 0 Å². The molecule has 1 aliphatic heterocycles. The second kappa shape index (κ2) is 8.79. The molecule has 7 heteroatoms. The summed E-state index contributed by atoms with van der Waals surface area (Å²) in [5.74, 6) is 0.760. The molecule has 3 N–H and O–H groups in total. The Morgan fingerprint density at radius 1 is 1.13 bits per heavy atom. The molecule has 4 rings (SSSR count). The molecule has 162 valence electrons. The predicted octanol–water partition coefficient (Wildman–Crippen LogP) is 3.93. The van der Waals surface area contributed by atoms with E-state index >= 15 is 0 Å². The maximum absolute atomic E-state index is 12.7. The molecule has 2 aromatic rings. The van der Waals surface area contributed by atoms with Crippen molar-refractivity contribution in [2.45, 2.75) is 32.6 Å². The minimum atomic E-state index is -0.233. The molecule has 1 aliphatic carbocycles. The van der Waals surface area contributed by atoms with Crippen molar-refractivity contribution in [1.82, 2.24) is 10.2 Å². The van der Waals surface area contributed by atoms with Gasteiger partial charge in [0.1, 0.15) is 0 Å². The molecule has 0 bridgehead atoms. The first kappa shape index (κ1) is 20.9. The molecule has 0 radical (unpaired) electrons. The molecule has 2 fully saturated rings. The lowest BCUT2D eigenvalue weighted by Crippen LogP contribution is -2.27. The van der Waals surface area contributed by atoms with Crippen LogP contribution in [0.2, 0.25) is 0 Å². The van der Waals surface area contributed by atoms with Gasteiger partial charge in [-0.1, -0.05) is 19.9 Å². The first-order valence-electron chi connectivity index (χ1n) is 10.8. The Balaban J connectivity index is 1.54. The number of hydrogen-bond acceptors (Lipinski definition) is 3. The van der Waals surface area contributed by atoms with Crippen LogP contribution in [0, 0.1) is 5.92 Å². The molecule has 2 amide bonds. The lowest BCUT2D eigenvalue weighted by molar-refractivity contribution is -0.118.